The molecule has 0 aliphatic carbocycles. The molecule has 80 valence electrons. The average molecular weight is 218 g/mol. The van der Waals surface area contributed by atoms with Crippen molar-refractivity contribution in [3.05, 3.63) is 0 Å². The van der Waals surface area contributed by atoms with Gasteiger partial charge >= 0.3 is 5.97 Å². The molecule has 5 heteroatoms. The van der Waals surface area contributed by atoms with Crippen molar-refractivity contribution in [3.63, 3.8) is 0 Å². The van der Waals surface area contributed by atoms with Gasteiger partial charge in [-0.05, 0) is 6.42 Å². The molecule has 1 N–H and O–H groups in total. The summed E-state index contributed by atoms with van der Waals surface area (Å²) in [5, 5.41) is 8.35. The maximum absolute atomic E-state index is 11.3. The van der Waals surface area contributed by atoms with Crippen LogP contribution in [0.2, 0.25) is 0 Å². The lowest BCUT2D eigenvalue weighted by molar-refractivity contribution is -0.138. The first-order valence-electron chi connectivity index (χ1n) is 4.71. The van der Waals surface area contributed by atoms with Gasteiger partial charge in [0, 0.05) is 5.75 Å². The molecule has 1 saturated heterocycles. The summed E-state index contributed by atoms with van der Waals surface area (Å²) in [7, 11) is 0. The highest BCUT2D eigenvalue weighted by atomic mass is 32.2. The maximum atomic E-state index is 11.3. The molecule has 0 aromatic heterocycles. The van der Waals surface area contributed by atoms with Crippen molar-refractivity contribution in [1.82, 2.24) is 0 Å². The molecular formula is C9H14O4S. The first-order chi connectivity index (χ1) is 6.66. The van der Waals surface area contributed by atoms with Crippen molar-refractivity contribution in [1.29, 1.82) is 0 Å². The van der Waals surface area contributed by atoms with E-state index in [0.29, 0.717) is 0 Å². The van der Waals surface area contributed by atoms with E-state index in [2.05, 4.69) is 6.92 Å². The number of carboxylic acid groups (broad SMARTS) is 1. The van der Waals surface area contributed by atoms with Gasteiger partial charge in [-0.3, -0.25) is 4.79 Å². The van der Waals surface area contributed by atoms with Gasteiger partial charge in [-0.15, -0.1) is 0 Å². The zero-order chi connectivity index (χ0) is 10.6. The lowest BCUT2D eigenvalue weighted by Crippen LogP contribution is -2.13. The molecule has 1 aliphatic rings. The maximum Gasteiger partial charge on any atom is 0.336 e. The summed E-state index contributed by atoms with van der Waals surface area (Å²) in [6, 6.07) is 0. The molecule has 14 heavy (non-hydrogen) atoms. The molecule has 2 unspecified atom stereocenters. The molecule has 1 aliphatic heterocycles. The van der Waals surface area contributed by atoms with Gasteiger partial charge in [0.2, 0.25) is 5.12 Å². The number of epoxide rings is 1. The van der Waals surface area contributed by atoms with Crippen molar-refractivity contribution in [2.75, 3.05) is 5.75 Å². The highest BCUT2D eigenvalue weighted by Crippen LogP contribution is 2.27. The van der Waals surface area contributed by atoms with E-state index in [9.17, 15) is 9.59 Å². The van der Waals surface area contributed by atoms with Crippen LogP contribution >= 0.6 is 11.8 Å². The molecule has 2 atom stereocenters. The summed E-state index contributed by atoms with van der Waals surface area (Å²) in [4.78, 5) is 21.6. The van der Waals surface area contributed by atoms with E-state index in [1.807, 2.05) is 0 Å². The summed E-state index contributed by atoms with van der Waals surface area (Å²) in [5.41, 5.74) is 0. The third-order valence-electron chi connectivity index (χ3n) is 1.96. The highest BCUT2D eigenvalue weighted by Gasteiger charge is 2.50. The number of rotatable bonds is 6. The number of carbonyl (C=O) groups excluding carboxylic acids is 1. The summed E-state index contributed by atoms with van der Waals surface area (Å²) >= 11 is 1.18. The van der Waals surface area contributed by atoms with Crippen molar-refractivity contribution in [3.8, 4) is 0 Å². The van der Waals surface area contributed by atoms with Gasteiger partial charge in [-0.25, -0.2) is 4.79 Å². The Labute approximate surface area is 87.0 Å². The van der Waals surface area contributed by atoms with Crippen molar-refractivity contribution >= 4 is 22.8 Å². The van der Waals surface area contributed by atoms with Crippen molar-refractivity contribution in [2.45, 2.75) is 38.4 Å². The van der Waals surface area contributed by atoms with E-state index in [-0.39, 0.29) is 5.12 Å². The fourth-order valence-corrected chi connectivity index (χ4v) is 1.98. The van der Waals surface area contributed by atoms with Crippen LogP contribution in [0.15, 0.2) is 0 Å². The summed E-state index contributed by atoms with van der Waals surface area (Å²) in [5.74, 6) is -0.281. The van der Waals surface area contributed by atoms with Crippen LogP contribution in [0.25, 0.3) is 0 Å². The largest absolute Gasteiger partial charge is 0.479 e. The van der Waals surface area contributed by atoms with E-state index in [1.165, 1.54) is 11.8 Å². The van der Waals surface area contributed by atoms with Gasteiger partial charge in [0.1, 0.15) is 0 Å². The second-order valence-electron chi connectivity index (χ2n) is 3.19. The SMILES string of the molecule is CCCCCSC(=O)C1OC1C(=O)O. The number of unbranched alkanes of at least 4 members (excludes halogenated alkanes) is 2. The first-order valence-corrected chi connectivity index (χ1v) is 5.70. The molecule has 4 nitrogen and oxygen atoms in total. The Balaban J connectivity index is 2.09. The number of thioether (sulfide) groups is 1. The van der Waals surface area contributed by atoms with Gasteiger partial charge in [0.05, 0.1) is 0 Å². The number of carbonyl (C=O) groups is 2. The molecule has 0 spiro atoms. The highest BCUT2D eigenvalue weighted by molar-refractivity contribution is 8.13. The number of hydrogen-bond acceptors (Lipinski definition) is 4. The second kappa shape index (κ2) is 5.36. The Morgan fingerprint density at radius 3 is 2.57 bits per heavy atom. The fourth-order valence-electron chi connectivity index (χ4n) is 1.09. The molecule has 1 rings (SSSR count). The Morgan fingerprint density at radius 1 is 1.36 bits per heavy atom. The van der Waals surface area contributed by atoms with Crippen molar-refractivity contribution in [2.24, 2.45) is 0 Å². The first kappa shape index (κ1) is 11.5. The van der Waals surface area contributed by atoms with Gasteiger partial charge in [0.25, 0.3) is 0 Å². The number of hydrogen-bond donors (Lipinski definition) is 1. The predicted octanol–water partition coefficient (Wildman–Crippen LogP) is 1.29. The Bertz CT molecular complexity index is 229. The lowest BCUT2D eigenvalue weighted by Gasteiger charge is -1.96. The van der Waals surface area contributed by atoms with E-state index in [0.717, 1.165) is 25.0 Å². The monoisotopic (exact) mass is 218 g/mol. The zero-order valence-corrected chi connectivity index (χ0v) is 8.88. The van der Waals surface area contributed by atoms with Crippen LogP contribution in [0.4, 0.5) is 0 Å². The molecule has 0 bridgehead atoms. The van der Waals surface area contributed by atoms with Gasteiger partial charge in [-0.1, -0.05) is 31.5 Å². The third-order valence-corrected chi connectivity index (χ3v) is 2.97. The molecule has 0 saturated carbocycles. The van der Waals surface area contributed by atoms with E-state index < -0.39 is 18.2 Å². The molecule has 0 aromatic carbocycles. The van der Waals surface area contributed by atoms with Crippen LogP contribution in [0.1, 0.15) is 26.2 Å². The minimum absolute atomic E-state index is 0.145. The third kappa shape index (κ3) is 3.31. The fraction of sp³-hybridized carbons (Fsp3) is 0.778. The topological polar surface area (TPSA) is 66.9 Å². The van der Waals surface area contributed by atoms with Crippen LogP contribution < -0.4 is 0 Å². The molecule has 0 radical (unpaired) electrons. The normalized spacial score (nSPS) is 24.6. The van der Waals surface area contributed by atoms with E-state index in [1.54, 1.807) is 0 Å². The summed E-state index contributed by atoms with van der Waals surface area (Å²) in [6.07, 6.45) is 1.64. The average Bonchev–Trinajstić information content (AvgIpc) is 2.91. The molecule has 0 aromatic rings. The molecular weight excluding hydrogens is 204 g/mol. The molecule has 1 heterocycles. The van der Waals surface area contributed by atoms with E-state index in [4.69, 9.17) is 9.84 Å². The predicted molar refractivity (Wildman–Crippen MR) is 53.3 cm³/mol. The minimum atomic E-state index is -1.04. The number of aliphatic carboxylic acids is 1. The zero-order valence-electron chi connectivity index (χ0n) is 8.06. The second-order valence-corrected chi connectivity index (χ2v) is 4.29. The van der Waals surface area contributed by atoms with E-state index >= 15 is 0 Å². The summed E-state index contributed by atoms with van der Waals surface area (Å²) in [6.45, 7) is 2.09. The Kier molecular flexibility index (Phi) is 4.41. The quantitative estimate of drug-likeness (QED) is 0.537. The van der Waals surface area contributed by atoms with Crippen LogP contribution in [0, 0.1) is 0 Å². The van der Waals surface area contributed by atoms with Gasteiger partial charge in [0.15, 0.2) is 12.2 Å². The number of carboxylic acids is 1. The van der Waals surface area contributed by atoms with Gasteiger partial charge < -0.3 is 9.84 Å². The minimum Gasteiger partial charge on any atom is -0.479 e. The van der Waals surface area contributed by atoms with Crippen LogP contribution in [-0.2, 0) is 14.3 Å². The standard InChI is InChI=1S/C9H14O4S/c1-2-3-4-5-14-9(12)7-6(13-7)8(10)11/h6-7H,2-5H2,1H3,(H,10,11). The lowest BCUT2D eigenvalue weighted by atomic mass is 10.3. The molecule has 1 fully saturated rings. The van der Waals surface area contributed by atoms with Crippen LogP contribution in [-0.4, -0.2) is 34.2 Å². The molecule has 0 amide bonds. The van der Waals surface area contributed by atoms with Gasteiger partial charge in [-0.2, -0.15) is 0 Å². The Hall–Kier alpha value is -0.550. The summed E-state index contributed by atoms with van der Waals surface area (Å²) < 4.78 is 4.73. The van der Waals surface area contributed by atoms with Crippen molar-refractivity contribution < 1.29 is 19.4 Å². The smallest absolute Gasteiger partial charge is 0.336 e. The van der Waals surface area contributed by atoms with Crippen LogP contribution in [0.5, 0.6) is 0 Å². The van der Waals surface area contributed by atoms with Crippen LogP contribution in [0.3, 0.4) is 0 Å². The number of ether oxygens (including phenoxy) is 1. The Morgan fingerprint density at radius 2 is 2.07 bits per heavy atom.